The molecule has 0 radical (unpaired) electrons. The number of hydrogen-bond donors (Lipinski definition) is 0. The van der Waals surface area contributed by atoms with E-state index >= 15 is 0 Å². The maximum atomic E-state index is 5.97. The molecule has 0 spiro atoms. The lowest BCUT2D eigenvalue weighted by molar-refractivity contribution is 0.760. The zero-order valence-corrected chi connectivity index (χ0v) is 10.7. The summed E-state index contributed by atoms with van der Waals surface area (Å²) in [6, 6.07) is 0. The molecule has 0 saturated carbocycles. The molecule has 0 N–H and O–H groups in total. The Kier molecular flexibility index (Phi) is 3.64. The van der Waals surface area contributed by atoms with Crippen LogP contribution >= 0.6 is 11.6 Å². The Morgan fingerprint density at radius 1 is 1.38 bits per heavy atom. The molecule has 0 unspecified atom stereocenters. The van der Waals surface area contributed by atoms with Crippen LogP contribution in [0.25, 0.3) is 0 Å². The van der Waals surface area contributed by atoms with Crippen LogP contribution in [-0.2, 0) is 5.88 Å². The zero-order chi connectivity index (χ0) is 11.5. The molecule has 0 aliphatic carbocycles. The van der Waals surface area contributed by atoms with E-state index in [0.717, 1.165) is 30.3 Å². The van der Waals surface area contributed by atoms with Crippen molar-refractivity contribution >= 4 is 17.3 Å². The van der Waals surface area contributed by atoms with Crippen LogP contribution in [0.5, 0.6) is 0 Å². The van der Waals surface area contributed by atoms with Crippen LogP contribution in [0, 0.1) is 0 Å². The van der Waals surface area contributed by atoms with E-state index in [1.807, 2.05) is 6.20 Å². The molecule has 3 nitrogen and oxygen atoms in total. The lowest BCUT2D eigenvalue weighted by atomic mass is 10.2. The topological polar surface area (TPSA) is 29.0 Å². The van der Waals surface area contributed by atoms with E-state index < -0.39 is 0 Å². The fourth-order valence-electron chi connectivity index (χ4n) is 2.02. The number of anilines is 1. The van der Waals surface area contributed by atoms with E-state index in [9.17, 15) is 0 Å². The SMILES string of the molecule is CC(C)c1ncc(N2CCCC2)c(CCl)n1. The van der Waals surface area contributed by atoms with Crippen molar-refractivity contribution in [1.29, 1.82) is 0 Å². The number of hydrogen-bond acceptors (Lipinski definition) is 3. The first-order valence-electron chi connectivity index (χ1n) is 5.89. The van der Waals surface area contributed by atoms with Crippen molar-refractivity contribution < 1.29 is 0 Å². The van der Waals surface area contributed by atoms with Gasteiger partial charge in [0.05, 0.1) is 23.5 Å². The molecule has 1 aromatic rings. The highest BCUT2D eigenvalue weighted by Gasteiger charge is 2.17. The van der Waals surface area contributed by atoms with Gasteiger partial charge >= 0.3 is 0 Å². The molecule has 16 heavy (non-hydrogen) atoms. The summed E-state index contributed by atoms with van der Waals surface area (Å²) in [5.41, 5.74) is 2.10. The maximum absolute atomic E-state index is 5.97. The Hall–Kier alpha value is -0.830. The first kappa shape index (κ1) is 11.6. The summed E-state index contributed by atoms with van der Waals surface area (Å²) in [5, 5.41) is 0. The van der Waals surface area contributed by atoms with Gasteiger partial charge in [-0.1, -0.05) is 13.8 Å². The second-order valence-electron chi connectivity index (χ2n) is 4.54. The summed E-state index contributed by atoms with van der Waals surface area (Å²) >= 11 is 5.97. The summed E-state index contributed by atoms with van der Waals surface area (Å²) in [6.45, 7) is 6.41. The molecule has 88 valence electrons. The molecule has 0 atom stereocenters. The van der Waals surface area contributed by atoms with E-state index in [-0.39, 0.29) is 0 Å². The van der Waals surface area contributed by atoms with Crippen LogP contribution in [0.15, 0.2) is 6.20 Å². The Bertz CT molecular complexity index is 359. The third kappa shape index (κ3) is 2.29. The van der Waals surface area contributed by atoms with Crippen molar-refractivity contribution in [1.82, 2.24) is 9.97 Å². The van der Waals surface area contributed by atoms with Gasteiger partial charge in [0.15, 0.2) is 0 Å². The summed E-state index contributed by atoms with van der Waals surface area (Å²) in [6.07, 6.45) is 4.45. The Morgan fingerprint density at radius 3 is 2.62 bits per heavy atom. The summed E-state index contributed by atoms with van der Waals surface area (Å²) < 4.78 is 0. The van der Waals surface area contributed by atoms with E-state index in [4.69, 9.17) is 11.6 Å². The van der Waals surface area contributed by atoms with Gasteiger partial charge in [-0.15, -0.1) is 11.6 Å². The highest BCUT2D eigenvalue weighted by atomic mass is 35.5. The lowest BCUT2D eigenvalue weighted by Gasteiger charge is -2.20. The van der Waals surface area contributed by atoms with Gasteiger partial charge in [0.25, 0.3) is 0 Å². The Balaban J connectivity index is 2.30. The van der Waals surface area contributed by atoms with E-state index in [0.29, 0.717) is 11.8 Å². The number of aromatic nitrogens is 2. The predicted molar refractivity (Wildman–Crippen MR) is 67.1 cm³/mol. The predicted octanol–water partition coefficient (Wildman–Crippen LogP) is 2.94. The molecular formula is C12H18ClN3. The van der Waals surface area contributed by atoms with E-state index in [2.05, 4.69) is 28.7 Å². The molecule has 0 amide bonds. The smallest absolute Gasteiger partial charge is 0.131 e. The standard InChI is InChI=1S/C12H18ClN3/c1-9(2)12-14-8-11(10(7-13)15-12)16-5-3-4-6-16/h8-9H,3-7H2,1-2H3. The first-order valence-corrected chi connectivity index (χ1v) is 6.42. The van der Waals surface area contributed by atoms with Crippen LogP contribution in [0.2, 0.25) is 0 Å². The largest absolute Gasteiger partial charge is 0.369 e. The number of halogens is 1. The molecule has 4 heteroatoms. The Labute approximate surface area is 102 Å². The first-order chi connectivity index (χ1) is 7.72. The van der Waals surface area contributed by atoms with Gasteiger partial charge in [-0.05, 0) is 12.8 Å². The minimum atomic E-state index is 0.356. The fraction of sp³-hybridized carbons (Fsp3) is 0.667. The van der Waals surface area contributed by atoms with Crippen molar-refractivity contribution in [2.24, 2.45) is 0 Å². The minimum Gasteiger partial charge on any atom is -0.369 e. The van der Waals surface area contributed by atoms with Crippen molar-refractivity contribution in [3.63, 3.8) is 0 Å². The van der Waals surface area contributed by atoms with Gasteiger partial charge in [0.1, 0.15) is 5.82 Å². The van der Waals surface area contributed by atoms with Crippen molar-refractivity contribution in [2.45, 2.75) is 38.5 Å². The van der Waals surface area contributed by atoms with Gasteiger partial charge in [-0.25, -0.2) is 9.97 Å². The molecule has 0 bridgehead atoms. The van der Waals surface area contributed by atoms with Crippen LogP contribution in [0.3, 0.4) is 0 Å². The monoisotopic (exact) mass is 239 g/mol. The number of rotatable bonds is 3. The van der Waals surface area contributed by atoms with Crippen LogP contribution in [-0.4, -0.2) is 23.1 Å². The summed E-state index contributed by atoms with van der Waals surface area (Å²) in [4.78, 5) is 11.3. The Morgan fingerprint density at radius 2 is 2.06 bits per heavy atom. The van der Waals surface area contributed by atoms with Gasteiger partial charge in [-0.2, -0.15) is 0 Å². The van der Waals surface area contributed by atoms with Crippen molar-refractivity contribution in [3.8, 4) is 0 Å². The van der Waals surface area contributed by atoms with Gasteiger partial charge in [0, 0.05) is 19.0 Å². The molecule has 2 rings (SSSR count). The highest BCUT2D eigenvalue weighted by molar-refractivity contribution is 6.17. The molecule has 1 aromatic heterocycles. The van der Waals surface area contributed by atoms with Gasteiger partial charge < -0.3 is 4.90 Å². The van der Waals surface area contributed by atoms with Gasteiger partial charge in [0.2, 0.25) is 0 Å². The molecule has 1 fully saturated rings. The normalized spacial score (nSPS) is 16.1. The zero-order valence-electron chi connectivity index (χ0n) is 9.91. The molecule has 1 saturated heterocycles. The third-order valence-electron chi connectivity index (χ3n) is 2.95. The fourth-order valence-corrected chi connectivity index (χ4v) is 2.22. The van der Waals surface area contributed by atoms with E-state index in [1.54, 1.807) is 0 Å². The minimum absolute atomic E-state index is 0.356. The van der Waals surface area contributed by atoms with Crippen LogP contribution in [0.4, 0.5) is 5.69 Å². The second-order valence-corrected chi connectivity index (χ2v) is 4.81. The number of nitrogens with zero attached hydrogens (tertiary/aromatic N) is 3. The second kappa shape index (κ2) is 5.00. The lowest BCUT2D eigenvalue weighted by Crippen LogP contribution is -2.20. The molecule has 1 aliphatic rings. The summed E-state index contributed by atoms with van der Waals surface area (Å²) in [7, 11) is 0. The maximum Gasteiger partial charge on any atom is 0.131 e. The molecule has 0 aromatic carbocycles. The molecule has 2 heterocycles. The van der Waals surface area contributed by atoms with E-state index in [1.165, 1.54) is 12.8 Å². The average molecular weight is 240 g/mol. The number of alkyl halides is 1. The average Bonchev–Trinajstić information content (AvgIpc) is 2.81. The van der Waals surface area contributed by atoms with Crippen molar-refractivity contribution in [2.75, 3.05) is 18.0 Å². The summed E-state index contributed by atoms with van der Waals surface area (Å²) in [5.74, 6) is 1.71. The van der Waals surface area contributed by atoms with Crippen LogP contribution < -0.4 is 4.90 Å². The third-order valence-corrected chi connectivity index (χ3v) is 3.21. The highest BCUT2D eigenvalue weighted by Crippen LogP contribution is 2.25. The van der Waals surface area contributed by atoms with Crippen LogP contribution in [0.1, 0.15) is 44.1 Å². The molecular weight excluding hydrogens is 222 g/mol. The van der Waals surface area contributed by atoms with Crippen molar-refractivity contribution in [3.05, 3.63) is 17.7 Å². The molecule has 1 aliphatic heterocycles. The quantitative estimate of drug-likeness (QED) is 0.760. The van der Waals surface area contributed by atoms with Gasteiger partial charge in [-0.3, -0.25) is 0 Å².